The number of β-amino-alcohol motifs (C(OH)–C–C–N with tert-alkyl or cyclic N) is 1. The maximum Gasteiger partial charge on any atom is 0.439 e. The summed E-state index contributed by atoms with van der Waals surface area (Å²) in [7, 11) is 0. The predicted molar refractivity (Wildman–Crippen MR) is 172 cm³/mol. The van der Waals surface area contributed by atoms with Gasteiger partial charge in [0.1, 0.15) is 6.33 Å². The van der Waals surface area contributed by atoms with Crippen molar-refractivity contribution in [3.8, 4) is 22.5 Å². The summed E-state index contributed by atoms with van der Waals surface area (Å²) in [6, 6.07) is 15.7. The van der Waals surface area contributed by atoms with Gasteiger partial charge in [0.25, 0.3) is 5.56 Å². The summed E-state index contributed by atoms with van der Waals surface area (Å²) in [5.74, 6) is 0.339. The van der Waals surface area contributed by atoms with E-state index >= 15 is 0 Å². The van der Waals surface area contributed by atoms with Gasteiger partial charge < -0.3 is 9.84 Å². The summed E-state index contributed by atoms with van der Waals surface area (Å²) >= 11 is 0. The fourth-order valence-corrected chi connectivity index (χ4v) is 7.10. The average Bonchev–Trinajstić information content (AvgIpc) is 3.74. The maximum atomic E-state index is 14.4. The highest BCUT2D eigenvalue weighted by molar-refractivity contribution is 5.80. The second-order valence-electron chi connectivity index (χ2n) is 12.5. The van der Waals surface area contributed by atoms with Crippen LogP contribution in [0.1, 0.15) is 61.9 Å². The Bertz CT molecular complexity index is 1930. The minimum Gasteiger partial charge on any atom is -0.389 e. The molecule has 0 radical (unpaired) electrons. The van der Waals surface area contributed by atoms with Crippen LogP contribution < -0.4 is 11.3 Å². The van der Waals surface area contributed by atoms with Crippen LogP contribution in [0.5, 0.6) is 0 Å². The molecule has 3 aromatic heterocycles. The molecular weight excluding hydrogens is 586 g/mol. The number of morpholine rings is 1. The van der Waals surface area contributed by atoms with Crippen LogP contribution in [0, 0.1) is 0 Å². The van der Waals surface area contributed by atoms with Crippen molar-refractivity contribution in [2.24, 2.45) is 0 Å². The molecule has 1 aliphatic heterocycles. The molecule has 1 saturated carbocycles. The fourth-order valence-electron chi connectivity index (χ4n) is 7.10. The van der Waals surface area contributed by atoms with E-state index in [2.05, 4.69) is 32.0 Å². The molecule has 0 spiro atoms. The monoisotopic (exact) mass is 625 g/mol. The van der Waals surface area contributed by atoms with Crippen LogP contribution in [-0.4, -0.2) is 77.8 Å². The second-order valence-corrected chi connectivity index (χ2v) is 12.5. The van der Waals surface area contributed by atoms with E-state index in [0.29, 0.717) is 69.9 Å². The Morgan fingerprint density at radius 2 is 1.76 bits per heavy atom. The maximum absolute atomic E-state index is 14.4. The van der Waals surface area contributed by atoms with Crippen LogP contribution in [0.2, 0.25) is 0 Å². The van der Waals surface area contributed by atoms with Gasteiger partial charge in [-0.15, -0.1) is 0 Å². The number of hydrogen-bond donors (Lipinski definition) is 2. The first-order valence-electron chi connectivity index (χ1n) is 16.2. The number of hydrogen-bond acceptors (Lipinski definition) is 9. The second kappa shape index (κ2) is 12.8. The van der Waals surface area contributed by atoms with Gasteiger partial charge in [0.15, 0.2) is 5.82 Å². The van der Waals surface area contributed by atoms with Gasteiger partial charge in [-0.25, -0.2) is 9.31 Å². The average molecular weight is 626 g/mol. The standard InChI is InChI=1S/C34H39N7O5/c1-2-5-29-28(20-23-8-10-24(11-9-23)26-6-3-4-7-27(26)30-37-33(43)46-38-30)31(42)40(32-35-22-36-41(29)32)25-12-14-34(44,15-13-25)21-39-16-18-45-19-17-39/h3-4,6-11,22,25,44H,2,5,12-21H2,1H3,(H,37,38,43)/t25-,34-. The first-order chi connectivity index (χ1) is 22.4. The van der Waals surface area contributed by atoms with Crippen molar-refractivity contribution in [1.82, 2.24) is 34.2 Å². The number of fused-ring (bicyclic) bond motifs is 1. The van der Waals surface area contributed by atoms with E-state index in [1.54, 1.807) is 0 Å². The number of nitrogens with zero attached hydrogens (tertiary/aromatic N) is 6. The molecule has 0 bridgehead atoms. The highest BCUT2D eigenvalue weighted by Gasteiger charge is 2.37. The summed E-state index contributed by atoms with van der Waals surface area (Å²) in [5, 5.41) is 19.9. The number of aromatic amines is 1. The summed E-state index contributed by atoms with van der Waals surface area (Å²) in [4.78, 5) is 35.5. The number of nitrogens with one attached hydrogen (secondary N) is 1. The van der Waals surface area contributed by atoms with E-state index in [0.717, 1.165) is 53.0 Å². The van der Waals surface area contributed by atoms with Gasteiger partial charge in [-0.05, 0) is 48.8 Å². The zero-order valence-corrected chi connectivity index (χ0v) is 26.0. The van der Waals surface area contributed by atoms with Crippen molar-refractivity contribution in [2.75, 3.05) is 32.8 Å². The molecule has 12 heteroatoms. The number of aryl methyl sites for hydroxylation is 1. The van der Waals surface area contributed by atoms with E-state index in [-0.39, 0.29) is 11.6 Å². The lowest BCUT2D eigenvalue weighted by molar-refractivity contribution is -0.0569. The van der Waals surface area contributed by atoms with Crippen molar-refractivity contribution in [3.63, 3.8) is 0 Å². The number of rotatable bonds is 9. The van der Waals surface area contributed by atoms with Gasteiger partial charge in [-0.2, -0.15) is 10.1 Å². The Kier molecular flexibility index (Phi) is 8.41. The molecule has 2 N–H and O–H groups in total. The molecular formula is C34H39N7O5. The molecule has 46 heavy (non-hydrogen) atoms. The van der Waals surface area contributed by atoms with Gasteiger partial charge in [0.05, 0.1) is 24.5 Å². The van der Waals surface area contributed by atoms with E-state index in [9.17, 15) is 14.7 Å². The molecule has 240 valence electrons. The number of aromatic nitrogens is 6. The number of H-pyrrole nitrogens is 1. The molecule has 7 rings (SSSR count). The third kappa shape index (κ3) is 5.95. The molecule has 12 nitrogen and oxygen atoms in total. The Morgan fingerprint density at radius 3 is 2.46 bits per heavy atom. The zero-order valence-electron chi connectivity index (χ0n) is 26.0. The minimum atomic E-state index is -0.768. The Labute approximate surface area is 265 Å². The van der Waals surface area contributed by atoms with Crippen LogP contribution in [-0.2, 0) is 17.6 Å². The lowest BCUT2D eigenvalue weighted by Crippen LogP contribution is -2.49. The van der Waals surface area contributed by atoms with Crippen LogP contribution in [0.3, 0.4) is 0 Å². The van der Waals surface area contributed by atoms with E-state index in [1.807, 2.05) is 57.6 Å². The zero-order chi connectivity index (χ0) is 31.7. The van der Waals surface area contributed by atoms with E-state index in [1.165, 1.54) is 6.33 Å². The Hall–Kier alpha value is -4.39. The molecule has 4 heterocycles. The van der Waals surface area contributed by atoms with E-state index in [4.69, 9.17) is 9.26 Å². The van der Waals surface area contributed by atoms with Gasteiger partial charge >= 0.3 is 5.76 Å². The SMILES string of the molecule is CCCc1c(Cc2ccc(-c3ccccc3-c3noc(=O)[nH]3)cc2)c(=O)n([C@H]2CC[C@@](O)(CN3CCOCC3)CC2)c2ncnn12. The van der Waals surface area contributed by atoms with Crippen LogP contribution in [0.4, 0.5) is 0 Å². The third-order valence-corrected chi connectivity index (χ3v) is 9.45. The topological polar surface area (TPSA) is 144 Å². The molecule has 2 aliphatic rings. The lowest BCUT2D eigenvalue weighted by Gasteiger charge is -2.40. The van der Waals surface area contributed by atoms with Crippen molar-refractivity contribution in [3.05, 3.63) is 92.6 Å². The Balaban J connectivity index is 1.18. The van der Waals surface area contributed by atoms with Crippen molar-refractivity contribution >= 4 is 5.78 Å². The number of ether oxygens (including phenoxy) is 1. The molecule has 2 aromatic carbocycles. The normalized spacial score (nSPS) is 20.8. The van der Waals surface area contributed by atoms with Crippen molar-refractivity contribution in [2.45, 2.75) is 63.5 Å². The predicted octanol–water partition coefficient (Wildman–Crippen LogP) is 3.62. The molecule has 0 atom stereocenters. The highest BCUT2D eigenvalue weighted by Crippen LogP contribution is 2.36. The quantitative estimate of drug-likeness (QED) is 0.251. The number of aliphatic hydroxyl groups is 1. The molecule has 0 amide bonds. The highest BCUT2D eigenvalue weighted by atomic mass is 16.5. The van der Waals surface area contributed by atoms with Gasteiger partial charge in [-0.3, -0.25) is 23.8 Å². The first kappa shape index (κ1) is 30.3. The number of benzene rings is 2. The molecule has 0 unspecified atom stereocenters. The summed E-state index contributed by atoms with van der Waals surface area (Å²) < 4.78 is 13.9. The summed E-state index contributed by atoms with van der Waals surface area (Å²) in [5.41, 5.74) is 4.43. The van der Waals surface area contributed by atoms with Gasteiger partial charge in [-0.1, -0.05) is 67.0 Å². The molecule has 1 saturated heterocycles. The van der Waals surface area contributed by atoms with E-state index < -0.39 is 11.4 Å². The fraction of sp³-hybridized carbons (Fsp3) is 0.441. The molecule has 5 aromatic rings. The molecule has 1 aliphatic carbocycles. The smallest absolute Gasteiger partial charge is 0.389 e. The Morgan fingerprint density at radius 1 is 1.02 bits per heavy atom. The van der Waals surface area contributed by atoms with Gasteiger partial charge in [0.2, 0.25) is 5.78 Å². The summed E-state index contributed by atoms with van der Waals surface area (Å²) in [6.07, 6.45) is 6.19. The first-order valence-corrected chi connectivity index (χ1v) is 16.2. The largest absolute Gasteiger partial charge is 0.439 e. The van der Waals surface area contributed by atoms with Crippen LogP contribution >= 0.6 is 0 Å². The third-order valence-electron chi connectivity index (χ3n) is 9.45. The van der Waals surface area contributed by atoms with Crippen molar-refractivity contribution in [1.29, 1.82) is 0 Å². The molecule has 2 fully saturated rings. The van der Waals surface area contributed by atoms with Crippen LogP contribution in [0.15, 0.2) is 69.0 Å². The van der Waals surface area contributed by atoms with Gasteiger partial charge in [0, 0.05) is 43.2 Å². The summed E-state index contributed by atoms with van der Waals surface area (Å²) in [6.45, 7) is 5.81. The lowest BCUT2D eigenvalue weighted by atomic mass is 9.81. The van der Waals surface area contributed by atoms with Crippen LogP contribution in [0.25, 0.3) is 28.3 Å². The minimum absolute atomic E-state index is 0.0306. The van der Waals surface area contributed by atoms with Crippen molar-refractivity contribution < 1.29 is 14.4 Å².